The van der Waals surface area contributed by atoms with E-state index in [0.29, 0.717) is 11.7 Å². The number of amides is 1. The molecule has 1 aliphatic rings. The van der Waals surface area contributed by atoms with Gasteiger partial charge in [-0.1, -0.05) is 21.6 Å². The molecule has 0 aliphatic carbocycles. The van der Waals surface area contributed by atoms with E-state index in [0.717, 1.165) is 6.42 Å². The van der Waals surface area contributed by atoms with Crippen molar-refractivity contribution in [2.45, 2.75) is 30.9 Å². The quantitative estimate of drug-likeness (QED) is 0.245. The first-order valence-electron chi connectivity index (χ1n) is 4.64. The topological polar surface area (TPSA) is 82.9 Å². The minimum absolute atomic E-state index is 0.194. The van der Waals surface area contributed by atoms with Gasteiger partial charge in [0.15, 0.2) is 0 Å². The Morgan fingerprint density at radius 3 is 2.93 bits per heavy atom. The summed E-state index contributed by atoms with van der Waals surface area (Å²) in [5, 5.41) is 3.37. The maximum absolute atomic E-state index is 11.1. The van der Waals surface area contributed by atoms with E-state index in [-0.39, 0.29) is 6.42 Å². The molecule has 15 heavy (non-hydrogen) atoms. The zero-order valence-corrected chi connectivity index (χ0v) is 9.72. The minimum atomic E-state index is -0.967. The normalized spacial score (nSPS) is 19.6. The van der Waals surface area contributed by atoms with Crippen LogP contribution in [0.3, 0.4) is 0 Å². The molecule has 7 heteroatoms. The van der Waals surface area contributed by atoms with Crippen molar-refractivity contribution >= 4 is 33.3 Å². The van der Waals surface area contributed by atoms with Crippen molar-refractivity contribution in [3.8, 4) is 0 Å². The summed E-state index contributed by atoms with van der Waals surface area (Å²) in [6, 6.07) is 0. The number of carbonyl (C=O) groups excluding carboxylic acids is 2. The van der Waals surface area contributed by atoms with E-state index in [1.54, 1.807) is 0 Å². The van der Waals surface area contributed by atoms with Gasteiger partial charge in [0, 0.05) is 22.3 Å². The SMILES string of the molecule is [N-]=[N+]=NC(=O)C(=O)CCCC1CCSS1. The van der Waals surface area contributed by atoms with Crippen molar-refractivity contribution in [1.29, 1.82) is 0 Å². The highest BCUT2D eigenvalue weighted by Gasteiger charge is 2.17. The number of azide groups is 1. The van der Waals surface area contributed by atoms with E-state index < -0.39 is 11.7 Å². The third-order valence-electron chi connectivity index (χ3n) is 2.03. The van der Waals surface area contributed by atoms with Crippen LogP contribution < -0.4 is 0 Å². The van der Waals surface area contributed by atoms with Crippen LogP contribution in [0.25, 0.3) is 10.4 Å². The molecule has 0 spiro atoms. The molecule has 1 heterocycles. The lowest BCUT2D eigenvalue weighted by Crippen LogP contribution is -2.10. The minimum Gasteiger partial charge on any atom is -0.291 e. The molecule has 0 saturated carbocycles. The molecule has 1 aliphatic heterocycles. The number of carbonyl (C=O) groups is 2. The first-order valence-corrected chi connectivity index (χ1v) is 7.03. The van der Waals surface area contributed by atoms with Gasteiger partial charge < -0.3 is 0 Å². The number of hydrogen-bond donors (Lipinski definition) is 0. The van der Waals surface area contributed by atoms with Gasteiger partial charge in [0.1, 0.15) is 0 Å². The number of Topliss-reactive ketones (excluding diaryl/α,β-unsaturated/α-hetero) is 1. The molecule has 0 radical (unpaired) electrons. The van der Waals surface area contributed by atoms with Crippen LogP contribution in [0.15, 0.2) is 5.11 Å². The molecule has 1 saturated heterocycles. The van der Waals surface area contributed by atoms with Gasteiger partial charge in [0.05, 0.1) is 0 Å². The Morgan fingerprint density at radius 2 is 2.33 bits per heavy atom. The fourth-order valence-corrected chi connectivity index (χ4v) is 4.29. The van der Waals surface area contributed by atoms with E-state index in [4.69, 9.17) is 5.53 Å². The van der Waals surface area contributed by atoms with Crippen molar-refractivity contribution in [2.75, 3.05) is 5.75 Å². The maximum atomic E-state index is 11.1. The largest absolute Gasteiger partial charge is 0.291 e. The monoisotopic (exact) mass is 245 g/mol. The molecular weight excluding hydrogens is 234 g/mol. The lowest BCUT2D eigenvalue weighted by molar-refractivity contribution is -0.136. The van der Waals surface area contributed by atoms with Crippen LogP contribution in [0, 0.1) is 0 Å². The first-order chi connectivity index (χ1) is 7.24. The molecule has 82 valence electrons. The molecule has 0 aromatic carbocycles. The molecule has 1 rings (SSSR count). The number of rotatable bonds is 5. The lowest BCUT2D eigenvalue weighted by Gasteiger charge is -2.04. The summed E-state index contributed by atoms with van der Waals surface area (Å²) in [4.78, 5) is 24.2. The number of hydrogen-bond acceptors (Lipinski definition) is 4. The number of ketones is 1. The average molecular weight is 245 g/mol. The maximum Gasteiger partial charge on any atom is 0.284 e. The van der Waals surface area contributed by atoms with E-state index in [1.807, 2.05) is 21.6 Å². The Bertz CT molecular complexity index is 296. The fourth-order valence-electron chi connectivity index (χ4n) is 1.26. The van der Waals surface area contributed by atoms with Gasteiger partial charge in [0.2, 0.25) is 5.78 Å². The summed E-state index contributed by atoms with van der Waals surface area (Å²) < 4.78 is 0. The highest BCUT2D eigenvalue weighted by molar-refractivity contribution is 8.77. The van der Waals surface area contributed by atoms with E-state index in [1.165, 1.54) is 12.2 Å². The van der Waals surface area contributed by atoms with Crippen LogP contribution >= 0.6 is 21.6 Å². The zero-order chi connectivity index (χ0) is 11.1. The summed E-state index contributed by atoms with van der Waals surface area (Å²) in [5.74, 6) is -0.379. The fraction of sp³-hybridized carbons (Fsp3) is 0.750. The molecule has 1 fully saturated rings. The molecule has 1 amide bonds. The van der Waals surface area contributed by atoms with Crippen LogP contribution in [0.4, 0.5) is 0 Å². The molecule has 0 N–H and O–H groups in total. The predicted molar refractivity (Wildman–Crippen MR) is 61.5 cm³/mol. The van der Waals surface area contributed by atoms with E-state index >= 15 is 0 Å². The Labute approximate surface area is 95.4 Å². The summed E-state index contributed by atoms with van der Waals surface area (Å²) in [5.41, 5.74) is 7.96. The van der Waals surface area contributed by atoms with Crippen LogP contribution in [0.2, 0.25) is 0 Å². The zero-order valence-electron chi connectivity index (χ0n) is 8.09. The van der Waals surface area contributed by atoms with Crippen LogP contribution in [-0.4, -0.2) is 22.7 Å². The smallest absolute Gasteiger partial charge is 0.284 e. The Hall–Kier alpha value is -0.650. The van der Waals surface area contributed by atoms with E-state index in [2.05, 4.69) is 10.0 Å². The summed E-state index contributed by atoms with van der Waals surface area (Å²) in [6.07, 6.45) is 3.02. The van der Waals surface area contributed by atoms with Gasteiger partial charge in [-0.2, -0.15) is 0 Å². The van der Waals surface area contributed by atoms with Crippen molar-refractivity contribution in [2.24, 2.45) is 5.11 Å². The summed E-state index contributed by atoms with van der Waals surface area (Å²) in [7, 11) is 3.70. The molecule has 0 aromatic rings. The van der Waals surface area contributed by atoms with Gasteiger partial charge in [0.25, 0.3) is 5.91 Å². The molecule has 5 nitrogen and oxygen atoms in total. The highest BCUT2D eigenvalue weighted by atomic mass is 33.1. The predicted octanol–water partition coefficient (Wildman–Crippen LogP) is 2.72. The van der Waals surface area contributed by atoms with Gasteiger partial charge >= 0.3 is 0 Å². The first kappa shape index (κ1) is 12.4. The Kier molecular flexibility index (Phi) is 5.60. The van der Waals surface area contributed by atoms with Crippen molar-refractivity contribution in [3.05, 3.63) is 10.4 Å². The van der Waals surface area contributed by atoms with E-state index in [9.17, 15) is 9.59 Å². The van der Waals surface area contributed by atoms with Crippen molar-refractivity contribution in [1.82, 2.24) is 0 Å². The van der Waals surface area contributed by atoms with Gasteiger partial charge in [-0.25, -0.2) is 0 Å². The molecule has 1 atom stereocenters. The average Bonchev–Trinajstić information content (AvgIpc) is 2.71. The van der Waals surface area contributed by atoms with Gasteiger partial charge in [-0.15, -0.1) is 0 Å². The van der Waals surface area contributed by atoms with Crippen molar-refractivity contribution in [3.63, 3.8) is 0 Å². The second kappa shape index (κ2) is 6.76. The third-order valence-corrected chi connectivity index (χ3v) is 5.04. The van der Waals surface area contributed by atoms with Crippen molar-refractivity contribution < 1.29 is 9.59 Å². The Morgan fingerprint density at radius 1 is 1.53 bits per heavy atom. The third kappa shape index (κ3) is 4.59. The second-order valence-corrected chi connectivity index (χ2v) is 5.93. The second-order valence-electron chi connectivity index (χ2n) is 3.14. The highest BCUT2D eigenvalue weighted by Crippen LogP contribution is 2.39. The molecular formula is C8H11N3O2S2. The number of nitrogens with zero attached hydrogens (tertiary/aromatic N) is 3. The molecule has 0 bridgehead atoms. The van der Waals surface area contributed by atoms with Crippen LogP contribution in [0.1, 0.15) is 25.7 Å². The lowest BCUT2D eigenvalue weighted by atomic mass is 10.1. The van der Waals surface area contributed by atoms with Crippen LogP contribution in [0.5, 0.6) is 0 Å². The summed E-state index contributed by atoms with van der Waals surface area (Å²) >= 11 is 0. The van der Waals surface area contributed by atoms with Gasteiger partial charge in [-0.3, -0.25) is 9.59 Å². The van der Waals surface area contributed by atoms with Gasteiger partial charge in [-0.05, 0) is 29.9 Å². The Balaban J connectivity index is 2.16. The molecule has 0 aromatic heterocycles. The standard InChI is InChI=1S/C8H11N3O2S2/c9-11-10-8(13)7(12)3-1-2-6-4-5-14-15-6/h6H,1-5H2. The van der Waals surface area contributed by atoms with Crippen LogP contribution in [-0.2, 0) is 9.59 Å². The summed E-state index contributed by atoms with van der Waals surface area (Å²) in [6.45, 7) is 0. The molecule has 1 unspecified atom stereocenters.